The van der Waals surface area contributed by atoms with Gasteiger partial charge in [0, 0.05) is 24.0 Å². The zero-order valence-electron chi connectivity index (χ0n) is 16.9. The molecule has 2 aromatic heterocycles. The van der Waals surface area contributed by atoms with Gasteiger partial charge in [-0.05, 0) is 48.5 Å². The highest BCUT2D eigenvalue weighted by Crippen LogP contribution is 2.34. The van der Waals surface area contributed by atoms with Gasteiger partial charge in [-0.1, -0.05) is 24.3 Å². The lowest BCUT2D eigenvalue weighted by atomic mass is 10.1. The van der Waals surface area contributed by atoms with Crippen LogP contribution >= 0.6 is 11.3 Å². The van der Waals surface area contributed by atoms with Crippen LogP contribution in [0.15, 0.2) is 83.4 Å². The molecular formula is C25H18FN3O2S. The van der Waals surface area contributed by atoms with Crippen molar-refractivity contribution in [2.75, 3.05) is 5.32 Å². The number of thiazole rings is 1. The topological polar surface area (TPSA) is 68.0 Å². The van der Waals surface area contributed by atoms with E-state index >= 15 is 0 Å². The summed E-state index contributed by atoms with van der Waals surface area (Å²) in [6.07, 6.45) is 2.16. The first kappa shape index (κ1) is 20.1. The highest BCUT2D eigenvalue weighted by Gasteiger charge is 2.14. The second kappa shape index (κ2) is 8.72. The van der Waals surface area contributed by atoms with Gasteiger partial charge >= 0.3 is 0 Å². The van der Waals surface area contributed by atoms with Crippen LogP contribution in [-0.2, 0) is 11.2 Å². The molecule has 0 fully saturated rings. The number of aryl methyl sites for hydroxylation is 1. The first-order chi connectivity index (χ1) is 15.7. The van der Waals surface area contributed by atoms with Crippen LogP contribution < -0.4 is 5.32 Å². The summed E-state index contributed by atoms with van der Waals surface area (Å²) in [5, 5.41) is 3.84. The lowest BCUT2D eigenvalue weighted by Gasteiger charge is -2.08. The van der Waals surface area contributed by atoms with Crippen LogP contribution in [0.2, 0.25) is 0 Å². The van der Waals surface area contributed by atoms with Crippen molar-refractivity contribution < 1.29 is 13.6 Å². The summed E-state index contributed by atoms with van der Waals surface area (Å²) in [5.74, 6) is 0.553. The molecule has 1 N–H and O–H groups in total. The number of anilines is 1. The molecule has 0 aliphatic carbocycles. The third kappa shape index (κ3) is 4.29. The van der Waals surface area contributed by atoms with Crippen LogP contribution in [0.25, 0.3) is 32.1 Å². The molecule has 5 aromatic rings. The minimum Gasteiger partial charge on any atom is -0.441 e. The lowest BCUT2D eigenvalue weighted by Crippen LogP contribution is -2.13. The number of carbonyl (C=O) groups is 1. The Balaban J connectivity index is 1.27. The smallest absolute Gasteiger partial charge is 0.224 e. The van der Waals surface area contributed by atoms with E-state index in [2.05, 4.69) is 10.3 Å². The number of para-hydroxylation sites is 2. The first-order valence-electron chi connectivity index (χ1n) is 10.1. The summed E-state index contributed by atoms with van der Waals surface area (Å²) in [7, 11) is 0. The number of oxazole rings is 1. The fourth-order valence-electron chi connectivity index (χ4n) is 3.37. The molecule has 0 unspecified atom stereocenters. The van der Waals surface area contributed by atoms with Crippen molar-refractivity contribution in [1.29, 1.82) is 0 Å². The molecule has 0 saturated heterocycles. The standard InChI is InChI=1S/C25H18FN3O2S/c26-17-11-9-16(10-12-17)21-15-27-24(31-21)14-13-23(30)28-19-6-2-1-5-18(19)25-29-20-7-3-4-8-22(20)32-25/h1-12,15H,13-14H2,(H,28,30). The molecule has 5 rings (SSSR count). The van der Waals surface area contributed by atoms with E-state index in [-0.39, 0.29) is 18.1 Å². The van der Waals surface area contributed by atoms with Crippen molar-refractivity contribution >= 4 is 33.1 Å². The average Bonchev–Trinajstić information content (AvgIpc) is 3.46. The molecule has 0 radical (unpaired) electrons. The van der Waals surface area contributed by atoms with Gasteiger partial charge in [-0.25, -0.2) is 14.4 Å². The Morgan fingerprint density at radius 2 is 1.78 bits per heavy atom. The fraction of sp³-hybridized carbons (Fsp3) is 0.0800. The van der Waals surface area contributed by atoms with Gasteiger partial charge in [0.15, 0.2) is 11.7 Å². The van der Waals surface area contributed by atoms with Gasteiger partial charge in [0.2, 0.25) is 5.91 Å². The molecule has 0 bridgehead atoms. The summed E-state index contributed by atoms with van der Waals surface area (Å²) in [6.45, 7) is 0. The predicted octanol–water partition coefficient (Wildman–Crippen LogP) is 6.33. The van der Waals surface area contributed by atoms with Gasteiger partial charge < -0.3 is 9.73 Å². The summed E-state index contributed by atoms with van der Waals surface area (Å²) >= 11 is 1.59. The monoisotopic (exact) mass is 443 g/mol. The maximum atomic E-state index is 13.1. The Kier molecular flexibility index (Phi) is 5.47. The van der Waals surface area contributed by atoms with Crippen molar-refractivity contribution in [1.82, 2.24) is 9.97 Å². The summed E-state index contributed by atoms with van der Waals surface area (Å²) in [5.41, 5.74) is 3.28. The molecule has 7 heteroatoms. The quantitative estimate of drug-likeness (QED) is 0.333. The fourth-order valence-corrected chi connectivity index (χ4v) is 4.38. The number of nitrogens with one attached hydrogen (secondary N) is 1. The molecule has 5 nitrogen and oxygen atoms in total. The van der Waals surface area contributed by atoms with Crippen LogP contribution in [-0.4, -0.2) is 15.9 Å². The number of amides is 1. The number of halogens is 1. The normalized spacial score (nSPS) is 11.0. The van der Waals surface area contributed by atoms with Gasteiger partial charge in [-0.2, -0.15) is 0 Å². The Morgan fingerprint density at radius 3 is 2.62 bits per heavy atom. The Hall–Kier alpha value is -3.84. The van der Waals surface area contributed by atoms with E-state index in [1.807, 2.05) is 48.5 Å². The summed E-state index contributed by atoms with van der Waals surface area (Å²) < 4.78 is 19.9. The lowest BCUT2D eigenvalue weighted by molar-refractivity contribution is -0.116. The number of hydrogen-bond donors (Lipinski definition) is 1. The van der Waals surface area contributed by atoms with E-state index < -0.39 is 0 Å². The van der Waals surface area contributed by atoms with E-state index in [1.165, 1.54) is 12.1 Å². The van der Waals surface area contributed by atoms with Crippen LogP contribution in [0.3, 0.4) is 0 Å². The molecule has 2 heterocycles. The van der Waals surface area contributed by atoms with E-state index in [1.54, 1.807) is 29.7 Å². The van der Waals surface area contributed by atoms with E-state index in [0.29, 0.717) is 18.1 Å². The predicted molar refractivity (Wildman–Crippen MR) is 124 cm³/mol. The van der Waals surface area contributed by atoms with Crippen molar-refractivity contribution in [2.45, 2.75) is 12.8 Å². The molecule has 0 aliphatic heterocycles. The van der Waals surface area contributed by atoms with E-state index in [9.17, 15) is 9.18 Å². The number of rotatable bonds is 6. The molecule has 0 saturated carbocycles. The Morgan fingerprint density at radius 1 is 1.00 bits per heavy atom. The van der Waals surface area contributed by atoms with Gasteiger partial charge in [0.25, 0.3) is 0 Å². The summed E-state index contributed by atoms with van der Waals surface area (Å²) in [6, 6.07) is 21.6. The molecule has 32 heavy (non-hydrogen) atoms. The maximum absolute atomic E-state index is 13.1. The second-order valence-electron chi connectivity index (χ2n) is 7.21. The maximum Gasteiger partial charge on any atom is 0.224 e. The average molecular weight is 444 g/mol. The van der Waals surface area contributed by atoms with E-state index in [4.69, 9.17) is 9.40 Å². The van der Waals surface area contributed by atoms with Crippen LogP contribution in [0.4, 0.5) is 10.1 Å². The Labute approximate surface area is 187 Å². The molecule has 158 valence electrons. The zero-order valence-corrected chi connectivity index (χ0v) is 17.7. The SMILES string of the molecule is O=C(CCc1ncc(-c2ccc(F)cc2)o1)Nc1ccccc1-c1nc2ccccc2s1. The minimum absolute atomic E-state index is 0.139. The van der Waals surface area contributed by atoms with E-state index in [0.717, 1.165) is 32.0 Å². The van der Waals surface area contributed by atoms with Gasteiger partial charge in [0.1, 0.15) is 10.8 Å². The second-order valence-corrected chi connectivity index (χ2v) is 8.24. The number of benzene rings is 3. The van der Waals surface area contributed by atoms with Crippen molar-refractivity contribution in [3.63, 3.8) is 0 Å². The van der Waals surface area contributed by atoms with Crippen molar-refractivity contribution in [3.8, 4) is 21.9 Å². The zero-order chi connectivity index (χ0) is 21.9. The number of aromatic nitrogens is 2. The molecule has 1 amide bonds. The third-order valence-corrected chi connectivity index (χ3v) is 6.04. The molecule has 3 aromatic carbocycles. The van der Waals surface area contributed by atoms with Gasteiger partial charge in [-0.3, -0.25) is 4.79 Å². The van der Waals surface area contributed by atoms with Crippen LogP contribution in [0.5, 0.6) is 0 Å². The van der Waals surface area contributed by atoms with Gasteiger partial charge in [0.05, 0.1) is 22.1 Å². The van der Waals surface area contributed by atoms with Crippen molar-refractivity contribution in [2.24, 2.45) is 0 Å². The molecular weight excluding hydrogens is 425 g/mol. The largest absolute Gasteiger partial charge is 0.441 e. The highest BCUT2D eigenvalue weighted by atomic mass is 32.1. The minimum atomic E-state index is -0.309. The number of carbonyl (C=O) groups excluding carboxylic acids is 1. The first-order valence-corrected chi connectivity index (χ1v) is 10.9. The highest BCUT2D eigenvalue weighted by molar-refractivity contribution is 7.21. The Bertz CT molecular complexity index is 1360. The van der Waals surface area contributed by atoms with Crippen molar-refractivity contribution in [3.05, 3.63) is 90.7 Å². The molecule has 0 spiro atoms. The van der Waals surface area contributed by atoms with Crippen LogP contribution in [0, 0.1) is 5.82 Å². The summed E-state index contributed by atoms with van der Waals surface area (Å²) in [4.78, 5) is 21.6. The van der Waals surface area contributed by atoms with Gasteiger partial charge in [-0.15, -0.1) is 11.3 Å². The third-order valence-electron chi connectivity index (χ3n) is 4.97. The molecule has 0 atom stereocenters. The number of nitrogens with zero attached hydrogens (tertiary/aromatic N) is 2. The number of fused-ring (bicyclic) bond motifs is 1. The number of hydrogen-bond acceptors (Lipinski definition) is 5. The molecule has 0 aliphatic rings. The van der Waals surface area contributed by atoms with Crippen LogP contribution in [0.1, 0.15) is 12.3 Å².